The van der Waals surface area contributed by atoms with Crippen molar-refractivity contribution in [1.29, 1.82) is 0 Å². The van der Waals surface area contributed by atoms with Gasteiger partial charge in [0, 0.05) is 22.7 Å². The summed E-state index contributed by atoms with van der Waals surface area (Å²) in [5, 5.41) is 21.5. The van der Waals surface area contributed by atoms with Gasteiger partial charge in [-0.1, -0.05) is 30.3 Å². The van der Waals surface area contributed by atoms with E-state index in [0.717, 1.165) is 39.5 Å². The van der Waals surface area contributed by atoms with E-state index in [-0.39, 0.29) is 10.7 Å². The maximum absolute atomic E-state index is 13.3. The van der Waals surface area contributed by atoms with Crippen molar-refractivity contribution >= 4 is 28.3 Å². The third-order valence-corrected chi connectivity index (χ3v) is 6.28. The minimum Gasteiger partial charge on any atom is -0.360 e. The molecule has 0 bridgehead atoms. The van der Waals surface area contributed by atoms with Crippen LogP contribution in [0.25, 0.3) is 33.6 Å². The Balaban J connectivity index is 1.50. The summed E-state index contributed by atoms with van der Waals surface area (Å²) >= 11 is 1.10. The summed E-state index contributed by atoms with van der Waals surface area (Å²) in [6, 6.07) is 18.7. The zero-order valence-electron chi connectivity index (χ0n) is 18.0. The van der Waals surface area contributed by atoms with E-state index in [1.54, 1.807) is 6.07 Å². The van der Waals surface area contributed by atoms with Crippen LogP contribution in [0.5, 0.6) is 0 Å². The quantitative estimate of drug-likeness (QED) is 0.358. The van der Waals surface area contributed by atoms with Crippen molar-refractivity contribution in [3.8, 4) is 17.1 Å². The van der Waals surface area contributed by atoms with Crippen LogP contribution in [-0.2, 0) is 6.18 Å². The lowest BCUT2D eigenvalue weighted by atomic mass is 10.1. The van der Waals surface area contributed by atoms with E-state index in [1.165, 1.54) is 6.07 Å². The number of benzene rings is 2. The number of fused-ring (bicyclic) bond motifs is 2. The van der Waals surface area contributed by atoms with Gasteiger partial charge in [0.25, 0.3) is 5.82 Å². The molecule has 8 nitrogen and oxygen atoms in total. The lowest BCUT2D eigenvalue weighted by Crippen LogP contribution is -2.12. The highest BCUT2D eigenvalue weighted by molar-refractivity contribution is 7.99. The molecule has 4 aromatic heterocycles. The second-order valence-corrected chi connectivity index (χ2v) is 8.78. The molecule has 12 heteroatoms. The van der Waals surface area contributed by atoms with E-state index in [4.69, 9.17) is 0 Å². The van der Waals surface area contributed by atoms with Crippen LogP contribution in [0.2, 0.25) is 0 Å². The molecule has 0 saturated heterocycles. The average Bonchev–Trinajstić information content (AvgIpc) is 3.55. The van der Waals surface area contributed by atoms with Gasteiger partial charge in [0.1, 0.15) is 5.03 Å². The van der Waals surface area contributed by atoms with Gasteiger partial charge in [0.05, 0.1) is 5.69 Å². The van der Waals surface area contributed by atoms with Gasteiger partial charge >= 0.3 is 6.18 Å². The standard InChI is InChI=1S/C23H15F3N8S/c1-13-5-4-6-14(11-13)33-20(16-12-27-17-8-3-2-7-15(16)17)29-31-22(33)35-19-10-9-18-28-30-21(23(24,25)26)34(18)32-19/h2-12,27H,1H3. The number of alkyl halides is 3. The van der Waals surface area contributed by atoms with Crippen LogP contribution in [0.4, 0.5) is 13.2 Å². The Morgan fingerprint density at radius 2 is 1.77 bits per heavy atom. The first kappa shape index (κ1) is 21.4. The highest BCUT2D eigenvalue weighted by Gasteiger charge is 2.37. The van der Waals surface area contributed by atoms with Gasteiger partial charge in [-0.3, -0.25) is 4.57 Å². The number of aryl methyl sites for hydroxylation is 1. The number of para-hydroxylation sites is 1. The number of hydrogen-bond acceptors (Lipinski definition) is 6. The van der Waals surface area contributed by atoms with Gasteiger partial charge < -0.3 is 4.98 Å². The Morgan fingerprint density at radius 1 is 0.914 bits per heavy atom. The Labute approximate surface area is 199 Å². The van der Waals surface area contributed by atoms with E-state index < -0.39 is 12.0 Å². The summed E-state index contributed by atoms with van der Waals surface area (Å²) in [5.74, 6) is -0.591. The number of rotatable bonds is 4. The summed E-state index contributed by atoms with van der Waals surface area (Å²) in [4.78, 5) is 3.25. The van der Waals surface area contributed by atoms with Crippen molar-refractivity contribution in [1.82, 2.24) is 39.6 Å². The molecule has 0 radical (unpaired) electrons. The fraction of sp³-hybridized carbons (Fsp3) is 0.0870. The minimum atomic E-state index is -4.68. The van der Waals surface area contributed by atoms with Crippen molar-refractivity contribution in [2.45, 2.75) is 23.3 Å². The lowest BCUT2D eigenvalue weighted by molar-refractivity contribution is -0.146. The third kappa shape index (κ3) is 3.71. The summed E-state index contributed by atoms with van der Waals surface area (Å²) in [6.45, 7) is 1.98. The molecule has 0 aliphatic rings. The summed E-state index contributed by atoms with van der Waals surface area (Å²) in [5.41, 5.74) is 3.66. The molecular formula is C23H15F3N8S. The van der Waals surface area contributed by atoms with Gasteiger partial charge in [0.15, 0.2) is 11.5 Å². The fourth-order valence-electron chi connectivity index (χ4n) is 3.86. The van der Waals surface area contributed by atoms with Crippen molar-refractivity contribution in [3.05, 3.63) is 78.2 Å². The zero-order valence-corrected chi connectivity index (χ0v) is 18.8. The largest absolute Gasteiger partial charge is 0.453 e. The zero-order chi connectivity index (χ0) is 24.2. The number of aromatic nitrogens is 8. The predicted molar refractivity (Wildman–Crippen MR) is 123 cm³/mol. The van der Waals surface area contributed by atoms with Crippen LogP contribution in [0.15, 0.2) is 77.0 Å². The molecule has 0 aliphatic heterocycles. The van der Waals surface area contributed by atoms with Crippen LogP contribution in [-0.4, -0.2) is 39.6 Å². The molecule has 2 aromatic carbocycles. The van der Waals surface area contributed by atoms with Gasteiger partial charge in [-0.25, -0.2) is 0 Å². The molecule has 35 heavy (non-hydrogen) atoms. The lowest BCUT2D eigenvalue weighted by Gasteiger charge is -2.11. The Hall–Kier alpha value is -4.19. The Bertz CT molecular complexity index is 1700. The van der Waals surface area contributed by atoms with Crippen LogP contribution in [0.3, 0.4) is 0 Å². The molecule has 6 rings (SSSR count). The van der Waals surface area contributed by atoms with Crippen molar-refractivity contribution in [2.75, 3.05) is 0 Å². The number of H-pyrrole nitrogens is 1. The molecule has 0 unspecified atom stereocenters. The van der Waals surface area contributed by atoms with Gasteiger partial charge in [-0.2, -0.15) is 22.8 Å². The highest BCUT2D eigenvalue weighted by Crippen LogP contribution is 2.35. The molecule has 0 saturated carbocycles. The number of halogens is 3. The Kier molecular flexibility index (Phi) is 4.85. The van der Waals surface area contributed by atoms with E-state index in [1.807, 2.05) is 66.2 Å². The molecule has 1 N–H and O–H groups in total. The first-order valence-corrected chi connectivity index (χ1v) is 11.3. The number of hydrogen-bond donors (Lipinski definition) is 1. The predicted octanol–water partition coefficient (Wildman–Crippen LogP) is 5.33. The van der Waals surface area contributed by atoms with Crippen molar-refractivity contribution in [3.63, 3.8) is 0 Å². The van der Waals surface area contributed by atoms with Gasteiger partial charge in [-0.15, -0.1) is 20.4 Å². The van der Waals surface area contributed by atoms with E-state index in [0.29, 0.717) is 15.5 Å². The number of nitrogens with one attached hydrogen (secondary N) is 1. The molecule has 6 aromatic rings. The van der Waals surface area contributed by atoms with Crippen molar-refractivity contribution in [2.24, 2.45) is 0 Å². The second kappa shape index (κ2) is 7.94. The molecule has 4 heterocycles. The topological polar surface area (TPSA) is 89.6 Å². The first-order valence-electron chi connectivity index (χ1n) is 10.4. The number of nitrogens with zero attached hydrogens (tertiary/aromatic N) is 7. The normalized spacial score (nSPS) is 12.1. The monoisotopic (exact) mass is 492 g/mol. The van der Waals surface area contributed by atoms with E-state index in [9.17, 15) is 13.2 Å². The smallest absolute Gasteiger partial charge is 0.360 e. The maximum atomic E-state index is 13.3. The van der Waals surface area contributed by atoms with Crippen LogP contribution < -0.4 is 0 Å². The van der Waals surface area contributed by atoms with E-state index >= 15 is 0 Å². The molecular weight excluding hydrogens is 477 g/mol. The van der Waals surface area contributed by atoms with Crippen LogP contribution >= 0.6 is 11.8 Å². The maximum Gasteiger partial charge on any atom is 0.453 e. The minimum absolute atomic E-state index is 0.00121. The second-order valence-electron chi connectivity index (χ2n) is 7.79. The molecule has 0 atom stereocenters. The molecule has 0 aliphatic carbocycles. The summed E-state index contributed by atoms with van der Waals surface area (Å²) in [6.07, 6.45) is -2.81. The average molecular weight is 492 g/mol. The van der Waals surface area contributed by atoms with Crippen LogP contribution in [0.1, 0.15) is 11.4 Å². The third-order valence-electron chi connectivity index (χ3n) is 5.41. The van der Waals surface area contributed by atoms with Gasteiger partial charge in [-0.05, 0) is 54.6 Å². The summed E-state index contributed by atoms with van der Waals surface area (Å²) < 4.78 is 42.5. The van der Waals surface area contributed by atoms with E-state index in [2.05, 4.69) is 30.5 Å². The highest BCUT2D eigenvalue weighted by atomic mass is 32.2. The molecule has 0 spiro atoms. The molecule has 0 fully saturated rings. The molecule has 174 valence electrons. The summed E-state index contributed by atoms with van der Waals surface area (Å²) in [7, 11) is 0. The first-order chi connectivity index (χ1) is 16.9. The SMILES string of the molecule is Cc1cccc(-n2c(Sc3ccc4nnc(C(F)(F)F)n4n3)nnc2-c2c[nH]c3ccccc23)c1. The Morgan fingerprint density at radius 3 is 2.60 bits per heavy atom. The van der Waals surface area contributed by atoms with Crippen molar-refractivity contribution < 1.29 is 13.2 Å². The fourth-order valence-corrected chi connectivity index (χ4v) is 4.67. The van der Waals surface area contributed by atoms with Gasteiger partial charge in [0.2, 0.25) is 5.16 Å². The number of aromatic amines is 1. The van der Waals surface area contributed by atoms with Crippen LogP contribution in [0, 0.1) is 6.92 Å². The molecule has 0 amide bonds.